The van der Waals surface area contributed by atoms with Crippen molar-refractivity contribution in [1.82, 2.24) is 9.88 Å². The number of ether oxygens (including phenoxy) is 2. The molecule has 0 N–H and O–H groups in total. The number of pyridine rings is 1. The molecule has 1 saturated heterocycles. The fourth-order valence-electron chi connectivity index (χ4n) is 2.35. The Balaban J connectivity index is 1.89. The minimum absolute atomic E-state index is 0.0980. The molecule has 1 aromatic rings. The van der Waals surface area contributed by atoms with Crippen LogP contribution in [-0.4, -0.2) is 41.3 Å². The average molecular weight is 327 g/mol. The first-order valence-electron chi connectivity index (χ1n) is 7.38. The van der Waals surface area contributed by atoms with E-state index in [4.69, 9.17) is 21.1 Å². The third-order valence-electron chi connectivity index (χ3n) is 3.48. The maximum atomic E-state index is 12.1. The fourth-order valence-corrected chi connectivity index (χ4v) is 2.52. The molecule has 0 saturated carbocycles. The van der Waals surface area contributed by atoms with E-state index in [-0.39, 0.29) is 11.5 Å². The number of hydrogen-bond acceptors (Lipinski definition) is 4. The highest BCUT2D eigenvalue weighted by Gasteiger charge is 2.38. The molecule has 0 aliphatic carbocycles. The summed E-state index contributed by atoms with van der Waals surface area (Å²) < 4.78 is 11.2. The molecule has 0 aromatic carbocycles. The van der Waals surface area contributed by atoms with Gasteiger partial charge in [-0.15, -0.1) is 0 Å². The lowest BCUT2D eigenvalue weighted by atomic mass is 9.91. The molecule has 1 aliphatic heterocycles. The third-order valence-corrected chi connectivity index (χ3v) is 3.68. The Morgan fingerprint density at radius 2 is 2.18 bits per heavy atom. The average Bonchev–Trinajstić information content (AvgIpc) is 2.78. The van der Waals surface area contributed by atoms with Gasteiger partial charge in [0.1, 0.15) is 11.4 Å². The summed E-state index contributed by atoms with van der Waals surface area (Å²) in [6.45, 7) is 9.53. The standard InChI is InChI=1S/C16H23ClN2O3/c1-15(2,3)22-14(20)19-6-5-16(4,10-19)11-21-13-7-12(17)8-18-9-13/h7-9H,5-6,10-11H2,1-4H3. The number of nitrogens with zero attached hydrogens (tertiary/aromatic N) is 2. The van der Waals surface area contributed by atoms with Crippen molar-refractivity contribution >= 4 is 17.7 Å². The zero-order chi connectivity index (χ0) is 16.4. The predicted octanol–water partition coefficient (Wildman–Crippen LogP) is 3.76. The summed E-state index contributed by atoms with van der Waals surface area (Å²) in [5, 5.41) is 0.546. The summed E-state index contributed by atoms with van der Waals surface area (Å²) in [4.78, 5) is 17.8. The third kappa shape index (κ3) is 4.77. The highest BCUT2D eigenvalue weighted by molar-refractivity contribution is 6.30. The van der Waals surface area contributed by atoms with Gasteiger partial charge in [-0.1, -0.05) is 18.5 Å². The van der Waals surface area contributed by atoms with Crippen LogP contribution in [0.2, 0.25) is 5.02 Å². The summed E-state index contributed by atoms with van der Waals surface area (Å²) >= 11 is 5.89. The molecule has 0 spiro atoms. The second-order valence-electron chi connectivity index (χ2n) is 7.09. The van der Waals surface area contributed by atoms with Crippen molar-refractivity contribution in [3.63, 3.8) is 0 Å². The van der Waals surface area contributed by atoms with Gasteiger partial charge in [-0.2, -0.15) is 0 Å². The lowest BCUT2D eigenvalue weighted by molar-refractivity contribution is 0.0265. The van der Waals surface area contributed by atoms with Gasteiger partial charge in [0.2, 0.25) is 0 Å². The van der Waals surface area contributed by atoms with E-state index in [9.17, 15) is 4.79 Å². The normalized spacial score (nSPS) is 21.8. The number of aromatic nitrogens is 1. The molecule has 1 aromatic heterocycles. The monoisotopic (exact) mass is 326 g/mol. The van der Waals surface area contributed by atoms with Gasteiger partial charge in [-0.25, -0.2) is 4.79 Å². The van der Waals surface area contributed by atoms with Crippen LogP contribution < -0.4 is 4.74 Å². The van der Waals surface area contributed by atoms with E-state index >= 15 is 0 Å². The van der Waals surface area contributed by atoms with Gasteiger partial charge in [-0.05, 0) is 27.2 Å². The Labute approximate surface area is 136 Å². The van der Waals surface area contributed by atoms with Crippen molar-refractivity contribution in [1.29, 1.82) is 0 Å². The van der Waals surface area contributed by atoms with Crippen LogP contribution in [0.1, 0.15) is 34.1 Å². The molecule has 0 radical (unpaired) electrons. The van der Waals surface area contributed by atoms with Gasteiger partial charge in [0.05, 0.1) is 17.8 Å². The molecule has 122 valence electrons. The van der Waals surface area contributed by atoms with Crippen LogP contribution in [0.15, 0.2) is 18.5 Å². The second kappa shape index (κ2) is 6.32. The van der Waals surface area contributed by atoms with E-state index in [0.29, 0.717) is 30.5 Å². The van der Waals surface area contributed by atoms with Crippen molar-refractivity contribution in [2.45, 2.75) is 39.7 Å². The molecule has 1 atom stereocenters. The Bertz CT molecular complexity index is 544. The molecule has 1 fully saturated rings. The first-order chi connectivity index (χ1) is 10.2. The van der Waals surface area contributed by atoms with Gasteiger partial charge in [0.25, 0.3) is 0 Å². The van der Waals surface area contributed by atoms with Crippen molar-refractivity contribution in [2.75, 3.05) is 19.7 Å². The van der Waals surface area contributed by atoms with Gasteiger partial charge in [0, 0.05) is 30.8 Å². The van der Waals surface area contributed by atoms with E-state index in [0.717, 1.165) is 6.42 Å². The number of halogens is 1. The van der Waals surface area contributed by atoms with Gasteiger partial charge < -0.3 is 14.4 Å². The number of rotatable bonds is 3. The summed E-state index contributed by atoms with van der Waals surface area (Å²) in [6, 6.07) is 1.73. The van der Waals surface area contributed by atoms with Crippen LogP contribution in [0.3, 0.4) is 0 Å². The van der Waals surface area contributed by atoms with Crippen LogP contribution >= 0.6 is 11.6 Å². The van der Waals surface area contributed by atoms with Crippen molar-refractivity contribution < 1.29 is 14.3 Å². The topological polar surface area (TPSA) is 51.7 Å². The summed E-state index contributed by atoms with van der Waals surface area (Å²) in [6.07, 6.45) is 3.81. The smallest absolute Gasteiger partial charge is 0.410 e. The molecule has 2 heterocycles. The molecule has 5 nitrogen and oxygen atoms in total. The summed E-state index contributed by atoms with van der Waals surface area (Å²) in [7, 11) is 0. The molecule has 22 heavy (non-hydrogen) atoms. The lowest BCUT2D eigenvalue weighted by Crippen LogP contribution is -2.37. The van der Waals surface area contributed by atoms with Crippen molar-refractivity contribution in [2.24, 2.45) is 5.41 Å². The largest absolute Gasteiger partial charge is 0.491 e. The van der Waals surface area contributed by atoms with E-state index < -0.39 is 5.60 Å². The van der Waals surface area contributed by atoms with Crippen LogP contribution in [-0.2, 0) is 4.74 Å². The molecule has 1 aliphatic rings. The Hall–Kier alpha value is -1.49. The predicted molar refractivity (Wildman–Crippen MR) is 85.3 cm³/mol. The highest BCUT2D eigenvalue weighted by atomic mass is 35.5. The quantitative estimate of drug-likeness (QED) is 0.848. The number of likely N-dealkylation sites (tertiary alicyclic amines) is 1. The molecular formula is C16H23ClN2O3. The van der Waals surface area contributed by atoms with E-state index in [2.05, 4.69) is 11.9 Å². The molecule has 1 unspecified atom stereocenters. The first-order valence-corrected chi connectivity index (χ1v) is 7.76. The van der Waals surface area contributed by atoms with E-state index in [1.165, 1.54) is 0 Å². The first kappa shape index (κ1) is 16.9. The molecule has 2 rings (SSSR count). The van der Waals surface area contributed by atoms with Crippen molar-refractivity contribution in [3.8, 4) is 5.75 Å². The lowest BCUT2D eigenvalue weighted by Gasteiger charge is -2.27. The maximum absolute atomic E-state index is 12.1. The SMILES string of the molecule is CC1(COc2cncc(Cl)c2)CCN(C(=O)OC(C)(C)C)C1. The zero-order valence-electron chi connectivity index (χ0n) is 13.6. The number of hydrogen-bond donors (Lipinski definition) is 0. The molecule has 1 amide bonds. The molecule has 0 bridgehead atoms. The highest BCUT2D eigenvalue weighted by Crippen LogP contribution is 2.32. The minimum Gasteiger partial charge on any atom is -0.491 e. The van der Waals surface area contributed by atoms with E-state index in [1.807, 2.05) is 20.8 Å². The van der Waals surface area contributed by atoms with Gasteiger partial charge in [-0.3, -0.25) is 4.98 Å². The summed E-state index contributed by atoms with van der Waals surface area (Å²) in [5.74, 6) is 0.643. The van der Waals surface area contributed by atoms with Crippen molar-refractivity contribution in [3.05, 3.63) is 23.5 Å². The number of amides is 1. The summed E-state index contributed by atoms with van der Waals surface area (Å²) in [5.41, 5.74) is -0.571. The Kier molecular flexibility index (Phi) is 4.85. The van der Waals surface area contributed by atoms with E-state index in [1.54, 1.807) is 23.4 Å². The minimum atomic E-state index is -0.473. The number of carbonyl (C=O) groups excluding carboxylic acids is 1. The number of carbonyl (C=O) groups is 1. The maximum Gasteiger partial charge on any atom is 0.410 e. The zero-order valence-corrected chi connectivity index (χ0v) is 14.3. The Morgan fingerprint density at radius 1 is 1.45 bits per heavy atom. The fraction of sp³-hybridized carbons (Fsp3) is 0.625. The molecular weight excluding hydrogens is 304 g/mol. The van der Waals surface area contributed by atoms with Crippen LogP contribution in [0.5, 0.6) is 5.75 Å². The van der Waals surface area contributed by atoms with Gasteiger partial charge in [0.15, 0.2) is 0 Å². The second-order valence-corrected chi connectivity index (χ2v) is 7.53. The Morgan fingerprint density at radius 3 is 2.82 bits per heavy atom. The van der Waals surface area contributed by atoms with Crippen LogP contribution in [0.25, 0.3) is 0 Å². The van der Waals surface area contributed by atoms with Gasteiger partial charge >= 0.3 is 6.09 Å². The van der Waals surface area contributed by atoms with Crippen LogP contribution in [0.4, 0.5) is 4.79 Å². The van der Waals surface area contributed by atoms with Crippen LogP contribution in [0, 0.1) is 5.41 Å². The molecule has 6 heteroatoms.